The number of amides is 1. The fourth-order valence-electron chi connectivity index (χ4n) is 3.82. The number of esters is 1. The second-order valence-electron chi connectivity index (χ2n) is 8.34. The Balaban J connectivity index is 1.75. The zero-order chi connectivity index (χ0) is 28.2. The van der Waals surface area contributed by atoms with Crippen molar-refractivity contribution in [2.45, 2.75) is 25.3 Å². The minimum Gasteiger partial charge on any atom is -0.495 e. The maximum Gasteiger partial charge on any atom is 0.326 e. The van der Waals surface area contributed by atoms with E-state index in [9.17, 15) is 18.0 Å². The minimum absolute atomic E-state index is 0.0997. The van der Waals surface area contributed by atoms with E-state index in [0.717, 1.165) is 16.9 Å². The number of carbonyl (C=O) groups excluding carboxylic acids is 2. The molecule has 3 aromatic carbocycles. The number of thiazole rings is 1. The first kappa shape index (κ1) is 27.9. The summed E-state index contributed by atoms with van der Waals surface area (Å²) < 4.78 is 46.4. The van der Waals surface area contributed by atoms with Crippen LogP contribution in [0.1, 0.15) is 22.8 Å². The van der Waals surface area contributed by atoms with Gasteiger partial charge in [-0.15, -0.1) is 0 Å². The highest BCUT2D eigenvalue weighted by molar-refractivity contribution is 7.92. The summed E-state index contributed by atoms with van der Waals surface area (Å²) in [6, 6.07) is 15.9. The summed E-state index contributed by atoms with van der Waals surface area (Å²) in [5.41, 5.74) is 1.81. The van der Waals surface area contributed by atoms with Crippen LogP contribution in [-0.4, -0.2) is 45.7 Å². The molecule has 0 saturated heterocycles. The van der Waals surface area contributed by atoms with Crippen molar-refractivity contribution in [3.63, 3.8) is 0 Å². The molecule has 0 radical (unpaired) electrons. The van der Waals surface area contributed by atoms with Crippen LogP contribution in [0.5, 0.6) is 11.5 Å². The normalized spacial score (nSPS) is 11.8. The van der Waals surface area contributed by atoms with E-state index < -0.39 is 21.9 Å². The van der Waals surface area contributed by atoms with Crippen LogP contribution in [0.15, 0.2) is 70.6 Å². The van der Waals surface area contributed by atoms with Gasteiger partial charge < -0.3 is 18.8 Å². The highest BCUT2D eigenvalue weighted by Gasteiger charge is 2.20. The average Bonchev–Trinajstić information content (AvgIpc) is 3.26. The quantitative estimate of drug-likeness (QED) is 0.301. The van der Waals surface area contributed by atoms with Gasteiger partial charge in [0.1, 0.15) is 28.3 Å². The van der Waals surface area contributed by atoms with Crippen molar-refractivity contribution in [2.24, 2.45) is 4.99 Å². The summed E-state index contributed by atoms with van der Waals surface area (Å²) in [7, 11) is -0.849. The molecule has 1 amide bonds. The molecule has 4 rings (SSSR count). The maximum atomic E-state index is 13.3. The lowest BCUT2D eigenvalue weighted by Crippen LogP contribution is -2.23. The van der Waals surface area contributed by atoms with Gasteiger partial charge in [-0.1, -0.05) is 35.1 Å². The second-order valence-corrected chi connectivity index (χ2v) is 11.0. The molecule has 10 nitrogen and oxygen atoms in total. The average molecular weight is 570 g/mol. The van der Waals surface area contributed by atoms with E-state index in [1.165, 1.54) is 38.5 Å². The molecule has 12 heteroatoms. The standard InChI is InChI=1S/C27H27N3O7S2/c1-5-37-23(31)16-30-24-21(35-3)13-14-22(36-4)25(24)38-27(30)28-26(32)18-7-6-8-19(15-18)29-39(33,34)20-11-9-17(2)10-12-20/h6-15,29H,5,16H2,1-4H3. The van der Waals surface area contributed by atoms with Gasteiger partial charge in [-0.25, -0.2) is 8.42 Å². The van der Waals surface area contributed by atoms with Crippen molar-refractivity contribution in [2.75, 3.05) is 25.5 Å². The molecular weight excluding hydrogens is 542 g/mol. The van der Waals surface area contributed by atoms with Crippen molar-refractivity contribution in [1.29, 1.82) is 0 Å². The Morgan fingerprint density at radius 2 is 1.69 bits per heavy atom. The Bertz CT molecular complexity index is 1710. The van der Waals surface area contributed by atoms with Gasteiger partial charge in [-0.2, -0.15) is 4.99 Å². The zero-order valence-electron chi connectivity index (χ0n) is 21.8. The largest absolute Gasteiger partial charge is 0.495 e. The molecule has 0 unspecified atom stereocenters. The molecule has 0 aliphatic carbocycles. The van der Waals surface area contributed by atoms with E-state index in [1.807, 2.05) is 6.92 Å². The van der Waals surface area contributed by atoms with Crippen LogP contribution >= 0.6 is 11.3 Å². The van der Waals surface area contributed by atoms with E-state index in [2.05, 4.69) is 9.71 Å². The molecule has 204 valence electrons. The number of fused-ring (bicyclic) bond motifs is 1. The molecule has 39 heavy (non-hydrogen) atoms. The molecule has 4 aromatic rings. The Kier molecular flexibility index (Phi) is 8.36. The van der Waals surface area contributed by atoms with Gasteiger partial charge in [0.15, 0.2) is 4.80 Å². The molecule has 0 bridgehead atoms. The molecule has 0 spiro atoms. The number of anilines is 1. The zero-order valence-corrected chi connectivity index (χ0v) is 23.4. The third kappa shape index (κ3) is 6.13. The maximum absolute atomic E-state index is 13.3. The molecule has 1 N–H and O–H groups in total. The van der Waals surface area contributed by atoms with Gasteiger partial charge in [0.2, 0.25) is 0 Å². The number of benzene rings is 3. The van der Waals surface area contributed by atoms with Crippen LogP contribution in [0.2, 0.25) is 0 Å². The summed E-state index contributed by atoms with van der Waals surface area (Å²) in [4.78, 5) is 30.3. The minimum atomic E-state index is -3.86. The summed E-state index contributed by atoms with van der Waals surface area (Å²) in [6.07, 6.45) is 0. The van der Waals surface area contributed by atoms with Gasteiger partial charge in [0.05, 0.1) is 25.7 Å². The highest BCUT2D eigenvalue weighted by Crippen LogP contribution is 2.35. The summed E-state index contributed by atoms with van der Waals surface area (Å²) >= 11 is 1.15. The summed E-state index contributed by atoms with van der Waals surface area (Å²) in [6.45, 7) is 3.55. The van der Waals surface area contributed by atoms with Crippen LogP contribution in [0.25, 0.3) is 10.2 Å². The van der Waals surface area contributed by atoms with Crippen LogP contribution in [0.3, 0.4) is 0 Å². The van der Waals surface area contributed by atoms with Gasteiger partial charge in [0, 0.05) is 11.3 Å². The van der Waals surface area contributed by atoms with Crippen LogP contribution in [0.4, 0.5) is 5.69 Å². The van der Waals surface area contributed by atoms with Crippen molar-refractivity contribution in [3.8, 4) is 11.5 Å². The predicted molar refractivity (Wildman–Crippen MR) is 148 cm³/mol. The number of carbonyl (C=O) groups is 2. The molecule has 0 saturated carbocycles. The Labute approximate surface area is 229 Å². The first-order valence-electron chi connectivity index (χ1n) is 11.9. The first-order valence-corrected chi connectivity index (χ1v) is 14.2. The number of methoxy groups -OCH3 is 2. The Morgan fingerprint density at radius 1 is 1.00 bits per heavy atom. The summed E-state index contributed by atoms with van der Waals surface area (Å²) in [5, 5.41) is 0. The van der Waals surface area contributed by atoms with E-state index in [0.29, 0.717) is 21.7 Å². The topological polar surface area (TPSA) is 125 Å². The molecule has 1 aromatic heterocycles. The monoisotopic (exact) mass is 569 g/mol. The number of ether oxygens (including phenoxy) is 3. The van der Waals surface area contributed by atoms with Gasteiger partial charge in [-0.3, -0.25) is 14.3 Å². The number of aromatic nitrogens is 1. The Morgan fingerprint density at radius 3 is 2.36 bits per heavy atom. The molecule has 1 heterocycles. The van der Waals surface area contributed by atoms with E-state index >= 15 is 0 Å². The number of hydrogen-bond donors (Lipinski definition) is 1. The van der Waals surface area contributed by atoms with E-state index in [1.54, 1.807) is 47.9 Å². The van der Waals surface area contributed by atoms with Gasteiger partial charge in [0.25, 0.3) is 15.9 Å². The lowest BCUT2D eigenvalue weighted by atomic mass is 10.2. The molecular formula is C27H27N3O7S2. The highest BCUT2D eigenvalue weighted by atomic mass is 32.2. The lowest BCUT2D eigenvalue weighted by Gasteiger charge is -2.10. The molecule has 0 fully saturated rings. The van der Waals surface area contributed by atoms with Crippen molar-refractivity contribution in [1.82, 2.24) is 4.57 Å². The third-order valence-electron chi connectivity index (χ3n) is 5.68. The van der Waals surface area contributed by atoms with E-state index in [4.69, 9.17) is 14.2 Å². The fraction of sp³-hybridized carbons (Fsp3) is 0.222. The second kappa shape index (κ2) is 11.7. The third-order valence-corrected chi connectivity index (χ3v) is 8.17. The van der Waals surface area contributed by atoms with Gasteiger partial charge >= 0.3 is 5.97 Å². The number of sulfonamides is 1. The van der Waals surface area contributed by atoms with Crippen LogP contribution in [0, 0.1) is 6.92 Å². The number of nitrogens with one attached hydrogen (secondary N) is 1. The Hall–Kier alpha value is -4.16. The van der Waals surface area contributed by atoms with Crippen LogP contribution < -0.4 is 19.0 Å². The number of hydrogen-bond acceptors (Lipinski definition) is 8. The fourth-order valence-corrected chi connectivity index (χ4v) is 6.01. The molecule has 0 atom stereocenters. The van der Waals surface area contributed by atoms with Crippen molar-refractivity contribution >= 4 is 49.1 Å². The van der Waals surface area contributed by atoms with E-state index in [-0.39, 0.29) is 34.1 Å². The predicted octanol–water partition coefficient (Wildman–Crippen LogP) is 4.13. The van der Waals surface area contributed by atoms with Crippen molar-refractivity contribution in [3.05, 3.63) is 76.6 Å². The molecule has 0 aliphatic heterocycles. The van der Waals surface area contributed by atoms with Crippen molar-refractivity contribution < 1.29 is 32.2 Å². The number of aryl methyl sites for hydroxylation is 1. The lowest BCUT2D eigenvalue weighted by molar-refractivity contribution is -0.143. The first-order chi connectivity index (χ1) is 18.7. The van der Waals surface area contributed by atoms with Crippen LogP contribution in [-0.2, 0) is 26.1 Å². The number of nitrogens with zero attached hydrogens (tertiary/aromatic N) is 2. The number of rotatable bonds is 9. The van der Waals surface area contributed by atoms with Gasteiger partial charge in [-0.05, 0) is 56.3 Å². The smallest absolute Gasteiger partial charge is 0.326 e. The summed E-state index contributed by atoms with van der Waals surface area (Å²) in [5.74, 6) is -0.153. The SMILES string of the molecule is CCOC(=O)Cn1c(=NC(=O)c2cccc(NS(=O)(=O)c3ccc(C)cc3)c2)sc2c(OC)ccc(OC)c21. The molecule has 0 aliphatic rings.